The first-order valence-corrected chi connectivity index (χ1v) is 6.42. The zero-order chi connectivity index (χ0) is 9.56. The van der Waals surface area contributed by atoms with Gasteiger partial charge in [0.25, 0.3) is 0 Å². The number of halogens is 2. The molecule has 0 aromatic heterocycles. The molecule has 0 nitrogen and oxygen atoms in total. The van der Waals surface area contributed by atoms with Crippen LogP contribution in [0, 0.1) is 0 Å². The lowest BCUT2D eigenvalue weighted by Crippen LogP contribution is -2.15. The van der Waals surface area contributed by atoms with Crippen LogP contribution in [0.2, 0.25) is 0 Å². The van der Waals surface area contributed by atoms with Crippen molar-refractivity contribution in [2.24, 2.45) is 0 Å². The maximum absolute atomic E-state index is 4.03. The van der Waals surface area contributed by atoms with Crippen LogP contribution in [0.5, 0.6) is 0 Å². The molecule has 0 aliphatic heterocycles. The minimum absolute atomic E-state index is 0.439. The molecule has 0 amide bonds. The maximum Gasteiger partial charge on any atom is 0.0477 e. The number of allylic oxidation sites excluding steroid dienone is 1. The van der Waals surface area contributed by atoms with E-state index in [1.165, 1.54) is 24.8 Å². The summed E-state index contributed by atoms with van der Waals surface area (Å²) in [7, 11) is 0. The molecule has 0 saturated heterocycles. The number of alkyl halides is 2. The first-order valence-electron chi connectivity index (χ1n) is 4.59. The van der Waals surface area contributed by atoms with Crippen LogP contribution in [0.15, 0.2) is 12.2 Å². The van der Waals surface area contributed by atoms with Crippen LogP contribution in [0.4, 0.5) is 0 Å². The first-order chi connectivity index (χ1) is 5.63. The molecule has 0 aromatic rings. The molecular formula is C10H18Br2. The lowest BCUT2D eigenvalue weighted by Gasteiger charge is -2.17. The van der Waals surface area contributed by atoms with Crippen LogP contribution < -0.4 is 0 Å². The van der Waals surface area contributed by atoms with Gasteiger partial charge < -0.3 is 0 Å². The van der Waals surface area contributed by atoms with E-state index in [1.54, 1.807) is 0 Å². The monoisotopic (exact) mass is 296 g/mol. The van der Waals surface area contributed by atoms with E-state index in [4.69, 9.17) is 0 Å². The second kappa shape index (κ2) is 7.14. The highest BCUT2D eigenvalue weighted by molar-refractivity contribution is 9.12. The zero-order valence-corrected chi connectivity index (χ0v) is 11.1. The van der Waals surface area contributed by atoms with Crippen LogP contribution in [0.3, 0.4) is 0 Å². The van der Waals surface area contributed by atoms with Gasteiger partial charge in [0.1, 0.15) is 0 Å². The van der Waals surface area contributed by atoms with Gasteiger partial charge in [-0.2, -0.15) is 0 Å². The summed E-state index contributed by atoms with van der Waals surface area (Å²) < 4.78 is 0. The van der Waals surface area contributed by atoms with Crippen LogP contribution in [0.25, 0.3) is 0 Å². The van der Waals surface area contributed by atoms with Crippen LogP contribution in [-0.2, 0) is 0 Å². The molecule has 0 heterocycles. The molecule has 0 N–H and O–H groups in total. The van der Waals surface area contributed by atoms with Crippen molar-refractivity contribution in [1.29, 1.82) is 0 Å². The van der Waals surface area contributed by atoms with E-state index in [-0.39, 0.29) is 0 Å². The summed E-state index contributed by atoms with van der Waals surface area (Å²) in [5.74, 6) is 0. The van der Waals surface area contributed by atoms with Crippen LogP contribution >= 0.6 is 31.9 Å². The molecule has 0 spiro atoms. The van der Waals surface area contributed by atoms with Gasteiger partial charge >= 0.3 is 0 Å². The van der Waals surface area contributed by atoms with Gasteiger partial charge in [0.15, 0.2) is 0 Å². The van der Waals surface area contributed by atoms with Crippen LogP contribution in [-0.4, -0.2) is 9.65 Å². The first kappa shape index (κ1) is 12.7. The Morgan fingerprint density at radius 1 is 1.33 bits per heavy atom. The van der Waals surface area contributed by atoms with Gasteiger partial charge in [-0.15, -0.1) is 0 Å². The lowest BCUT2D eigenvalue weighted by atomic mass is 10.1. The Morgan fingerprint density at radius 3 is 2.33 bits per heavy atom. The molecule has 0 bridgehead atoms. The summed E-state index contributed by atoms with van der Waals surface area (Å²) in [4.78, 5) is 0.985. The van der Waals surface area contributed by atoms with Gasteiger partial charge in [-0.05, 0) is 12.8 Å². The molecule has 12 heavy (non-hydrogen) atoms. The lowest BCUT2D eigenvalue weighted by molar-refractivity contribution is 0.690. The molecule has 0 rings (SSSR count). The highest BCUT2D eigenvalue weighted by Crippen LogP contribution is 2.26. The van der Waals surface area contributed by atoms with E-state index >= 15 is 0 Å². The minimum Gasteiger partial charge on any atom is -0.0987 e. The summed E-state index contributed by atoms with van der Waals surface area (Å²) in [6.45, 7) is 8.39. The van der Waals surface area contributed by atoms with E-state index in [0.29, 0.717) is 9.65 Å². The second-order valence-electron chi connectivity index (χ2n) is 3.07. The van der Waals surface area contributed by atoms with Crippen molar-refractivity contribution < 1.29 is 0 Å². The molecule has 2 unspecified atom stereocenters. The van der Waals surface area contributed by atoms with E-state index in [1.807, 2.05) is 0 Å². The third-order valence-corrected chi connectivity index (χ3v) is 4.98. The van der Waals surface area contributed by atoms with Crippen molar-refractivity contribution in [3.05, 3.63) is 12.2 Å². The predicted molar refractivity (Wildman–Crippen MR) is 64.4 cm³/mol. The molecule has 2 heteroatoms. The third-order valence-electron chi connectivity index (χ3n) is 2.00. The van der Waals surface area contributed by atoms with Crippen molar-refractivity contribution in [1.82, 2.24) is 0 Å². The Bertz CT molecular complexity index is 132. The Hall–Kier alpha value is 0.700. The van der Waals surface area contributed by atoms with E-state index in [0.717, 1.165) is 6.42 Å². The molecule has 0 aliphatic carbocycles. The fourth-order valence-corrected chi connectivity index (χ4v) is 2.28. The standard InChI is InChI=1S/C10H18Br2/c1-4-6-7-9(11)10(12)8(3)5-2/h9-10H,3-7H2,1-2H3. The van der Waals surface area contributed by atoms with E-state index in [9.17, 15) is 0 Å². The third kappa shape index (κ3) is 4.66. The Kier molecular flexibility index (Phi) is 7.55. The van der Waals surface area contributed by atoms with E-state index < -0.39 is 0 Å². The SMILES string of the molecule is C=C(CC)C(Br)C(Br)CCCC. The van der Waals surface area contributed by atoms with Crippen molar-refractivity contribution in [2.75, 3.05) is 0 Å². The van der Waals surface area contributed by atoms with Crippen molar-refractivity contribution >= 4 is 31.9 Å². The molecule has 2 atom stereocenters. The highest BCUT2D eigenvalue weighted by Gasteiger charge is 2.16. The Labute approximate surface area is 93.1 Å². The van der Waals surface area contributed by atoms with Crippen molar-refractivity contribution in [3.8, 4) is 0 Å². The zero-order valence-electron chi connectivity index (χ0n) is 7.95. The minimum atomic E-state index is 0.439. The normalized spacial score (nSPS) is 15.7. The van der Waals surface area contributed by atoms with Crippen molar-refractivity contribution in [2.45, 2.75) is 49.2 Å². The van der Waals surface area contributed by atoms with Gasteiger partial charge in [-0.3, -0.25) is 0 Å². The number of unbranched alkanes of at least 4 members (excludes halogenated alkanes) is 1. The second-order valence-corrected chi connectivity index (χ2v) is 5.23. The highest BCUT2D eigenvalue weighted by atomic mass is 79.9. The summed E-state index contributed by atoms with van der Waals surface area (Å²) >= 11 is 7.33. The summed E-state index contributed by atoms with van der Waals surface area (Å²) in [6, 6.07) is 0. The maximum atomic E-state index is 4.03. The van der Waals surface area contributed by atoms with Gasteiger partial charge in [-0.25, -0.2) is 0 Å². The Balaban J connectivity index is 3.75. The Morgan fingerprint density at radius 2 is 1.92 bits per heavy atom. The van der Waals surface area contributed by atoms with Gasteiger partial charge in [0, 0.05) is 9.65 Å². The smallest absolute Gasteiger partial charge is 0.0477 e. The summed E-state index contributed by atoms with van der Waals surface area (Å²) in [5, 5.41) is 0. The van der Waals surface area contributed by atoms with Gasteiger partial charge in [-0.1, -0.05) is 70.7 Å². The fraction of sp³-hybridized carbons (Fsp3) is 0.800. The molecule has 0 aromatic carbocycles. The van der Waals surface area contributed by atoms with Gasteiger partial charge in [0.2, 0.25) is 0 Å². The predicted octanol–water partition coefficient (Wildman–Crippen LogP) is 4.67. The summed E-state index contributed by atoms with van der Waals surface area (Å²) in [5.41, 5.74) is 1.29. The topological polar surface area (TPSA) is 0 Å². The van der Waals surface area contributed by atoms with Crippen LogP contribution in [0.1, 0.15) is 39.5 Å². The average Bonchev–Trinajstić information content (AvgIpc) is 2.11. The average molecular weight is 298 g/mol. The van der Waals surface area contributed by atoms with E-state index in [2.05, 4.69) is 52.3 Å². The fourth-order valence-electron chi connectivity index (χ4n) is 0.996. The quantitative estimate of drug-likeness (QED) is 0.494. The molecule has 72 valence electrons. The molecule has 0 saturated carbocycles. The molecule has 0 aliphatic rings. The van der Waals surface area contributed by atoms with Crippen molar-refractivity contribution in [3.63, 3.8) is 0 Å². The number of hydrogen-bond acceptors (Lipinski definition) is 0. The molecule has 0 fully saturated rings. The largest absolute Gasteiger partial charge is 0.0987 e. The van der Waals surface area contributed by atoms with Gasteiger partial charge in [0.05, 0.1) is 0 Å². The molecular weight excluding hydrogens is 280 g/mol. The number of rotatable bonds is 6. The summed E-state index contributed by atoms with van der Waals surface area (Å²) in [6.07, 6.45) is 4.84. The number of hydrogen-bond donors (Lipinski definition) is 0. The molecule has 0 radical (unpaired) electrons.